The fourth-order valence-corrected chi connectivity index (χ4v) is 4.03. The number of benzene rings is 2. The maximum Gasteiger partial charge on any atom is 0.136 e. The lowest BCUT2D eigenvalue weighted by molar-refractivity contribution is -0.781. The molecule has 2 aromatic carbocycles. The maximum atomic E-state index is 13.0. The van der Waals surface area contributed by atoms with Crippen molar-refractivity contribution in [3.05, 3.63) is 70.9 Å². The summed E-state index contributed by atoms with van der Waals surface area (Å²) in [5.74, 6) is 0.544. The molecule has 2 aromatic rings. The van der Waals surface area contributed by atoms with Crippen LogP contribution < -0.4 is 10.4 Å². The summed E-state index contributed by atoms with van der Waals surface area (Å²) in [7, 11) is 0. The minimum absolute atomic E-state index is 0.0625. The summed E-state index contributed by atoms with van der Waals surface area (Å²) in [5, 5.41) is 17.2. The highest BCUT2D eigenvalue weighted by molar-refractivity contribution is 5.47. The quantitative estimate of drug-likeness (QED) is 0.844. The zero-order valence-corrected chi connectivity index (χ0v) is 14.9. The van der Waals surface area contributed by atoms with Gasteiger partial charge < -0.3 is 10.3 Å². The van der Waals surface area contributed by atoms with E-state index >= 15 is 0 Å². The van der Waals surface area contributed by atoms with Gasteiger partial charge in [-0.1, -0.05) is 69.3 Å². The maximum absolute atomic E-state index is 13.0. The van der Waals surface area contributed by atoms with Crippen molar-refractivity contribution in [3.8, 4) is 0 Å². The highest BCUT2D eigenvalue weighted by Crippen LogP contribution is 2.33. The molecule has 0 amide bonds. The lowest BCUT2D eigenvalue weighted by Crippen LogP contribution is -3.04. The lowest BCUT2D eigenvalue weighted by atomic mass is 9.84. The average molecular weight is 324 g/mol. The molecule has 0 aromatic heterocycles. The molecule has 2 N–H and O–H groups in total. The van der Waals surface area contributed by atoms with Gasteiger partial charge in [0.2, 0.25) is 0 Å². The molecule has 0 aliphatic carbocycles. The lowest BCUT2D eigenvalue weighted by Gasteiger charge is -2.38. The normalized spacial score (nSPS) is 26.9. The molecular weight excluding hydrogens is 296 g/mol. The Morgan fingerprint density at radius 2 is 1.79 bits per heavy atom. The van der Waals surface area contributed by atoms with Crippen LogP contribution in [0.25, 0.3) is 0 Å². The molecule has 0 fully saturated rings. The number of rotatable bonds is 4. The Morgan fingerprint density at radius 1 is 1.12 bits per heavy atom. The van der Waals surface area contributed by atoms with Gasteiger partial charge in [0.25, 0.3) is 0 Å². The number of hydrogen-bond donors (Lipinski definition) is 2. The Bertz CT molecular complexity index is 671. The third-order valence-electron chi connectivity index (χ3n) is 5.13. The van der Waals surface area contributed by atoms with Crippen LogP contribution in [0, 0.1) is 11.1 Å². The molecular formula is C21H28N2O. The number of nitrogens with one attached hydrogen (secondary N) is 2. The molecule has 3 nitrogen and oxygen atoms in total. The fourth-order valence-electron chi connectivity index (χ4n) is 4.03. The first-order valence-electron chi connectivity index (χ1n) is 8.99. The van der Waals surface area contributed by atoms with E-state index in [1.54, 1.807) is 0 Å². The number of hydrogen-bond acceptors (Lipinski definition) is 2. The Morgan fingerprint density at radius 3 is 2.46 bits per heavy atom. The van der Waals surface area contributed by atoms with E-state index in [1.807, 2.05) is 24.3 Å². The van der Waals surface area contributed by atoms with Crippen molar-refractivity contribution >= 4 is 5.69 Å². The van der Waals surface area contributed by atoms with Crippen LogP contribution in [0.5, 0.6) is 0 Å². The third-order valence-corrected chi connectivity index (χ3v) is 5.13. The zero-order chi connectivity index (χ0) is 17.2. The van der Waals surface area contributed by atoms with Gasteiger partial charge in [0.15, 0.2) is 0 Å². The molecule has 0 saturated carbocycles. The summed E-state index contributed by atoms with van der Waals surface area (Å²) in [6, 6.07) is 18.6. The number of para-hydroxylation sites is 1. The highest BCUT2D eigenvalue weighted by atomic mass is 16.5. The molecule has 3 rings (SSSR count). The molecule has 0 bridgehead atoms. The monoisotopic (exact) mass is 324 g/mol. The van der Waals surface area contributed by atoms with Gasteiger partial charge >= 0.3 is 0 Å². The van der Waals surface area contributed by atoms with E-state index in [9.17, 15) is 5.21 Å². The van der Waals surface area contributed by atoms with E-state index in [-0.39, 0.29) is 16.6 Å². The number of quaternary nitrogens is 1. The molecule has 3 heteroatoms. The molecule has 1 aliphatic heterocycles. The van der Waals surface area contributed by atoms with Gasteiger partial charge in [0.05, 0.1) is 18.1 Å². The van der Waals surface area contributed by atoms with Crippen molar-refractivity contribution in [2.75, 3.05) is 6.54 Å². The Labute approximate surface area is 145 Å². The second-order valence-electron chi connectivity index (χ2n) is 7.41. The average Bonchev–Trinajstić information content (AvgIpc) is 2.71. The van der Waals surface area contributed by atoms with Crippen LogP contribution in [0.15, 0.2) is 54.6 Å². The van der Waals surface area contributed by atoms with Crippen LogP contribution in [0.4, 0.5) is 5.69 Å². The van der Waals surface area contributed by atoms with Crippen molar-refractivity contribution in [3.63, 3.8) is 0 Å². The molecule has 0 saturated heterocycles. The van der Waals surface area contributed by atoms with Gasteiger partial charge in [0, 0.05) is 5.56 Å². The Kier molecular flexibility index (Phi) is 5.04. The second-order valence-corrected chi connectivity index (χ2v) is 7.41. The minimum atomic E-state index is -0.148. The van der Waals surface area contributed by atoms with Crippen LogP contribution in [-0.4, -0.2) is 12.1 Å². The molecule has 3 atom stereocenters. The summed E-state index contributed by atoms with van der Waals surface area (Å²) in [5.41, 5.74) is 3.05. The van der Waals surface area contributed by atoms with Gasteiger partial charge in [-0.05, 0) is 30.4 Å². The Balaban J connectivity index is 2.10. The van der Waals surface area contributed by atoms with Crippen molar-refractivity contribution in [2.24, 2.45) is 5.92 Å². The van der Waals surface area contributed by atoms with Crippen LogP contribution >= 0.6 is 0 Å². The first-order valence-corrected chi connectivity index (χ1v) is 8.99. The van der Waals surface area contributed by atoms with Crippen molar-refractivity contribution in [1.82, 2.24) is 5.32 Å². The smallest absolute Gasteiger partial charge is 0.136 e. The third kappa shape index (κ3) is 3.39. The van der Waals surface area contributed by atoms with E-state index < -0.39 is 0 Å². The van der Waals surface area contributed by atoms with Crippen LogP contribution in [0.3, 0.4) is 0 Å². The Hall–Kier alpha value is -1.68. The predicted octanol–water partition coefficient (Wildman–Crippen LogP) is 3.59. The molecule has 0 radical (unpaired) electrons. The first-order chi connectivity index (χ1) is 11.5. The van der Waals surface area contributed by atoms with Crippen LogP contribution in [0.1, 0.15) is 50.8 Å². The first kappa shape index (κ1) is 17.2. The molecule has 24 heavy (non-hydrogen) atoms. The summed E-state index contributed by atoms with van der Waals surface area (Å²) in [6.07, 6.45) is 1.96. The molecule has 2 unspecified atom stereocenters. The number of fused-ring (bicyclic) bond motifs is 1. The SMILES string of the molecule is CCC1(CC(C)C)C[NH+]([O-])c2ccccc2[C@@H](c2ccccc2)N1. The van der Waals surface area contributed by atoms with Crippen molar-refractivity contribution < 1.29 is 5.06 Å². The molecule has 1 aliphatic rings. The minimum Gasteiger partial charge on any atom is -0.629 e. The van der Waals surface area contributed by atoms with Crippen molar-refractivity contribution in [2.45, 2.75) is 45.2 Å². The second kappa shape index (κ2) is 7.06. The highest BCUT2D eigenvalue weighted by Gasteiger charge is 2.39. The summed E-state index contributed by atoms with van der Waals surface area (Å²) in [4.78, 5) is 0. The van der Waals surface area contributed by atoms with E-state index in [1.165, 1.54) is 5.56 Å². The molecule has 1 heterocycles. The van der Waals surface area contributed by atoms with Gasteiger partial charge in [-0.25, -0.2) is 0 Å². The van der Waals surface area contributed by atoms with Crippen molar-refractivity contribution in [1.29, 1.82) is 0 Å². The van der Waals surface area contributed by atoms with Crippen LogP contribution in [-0.2, 0) is 0 Å². The van der Waals surface area contributed by atoms with Gasteiger partial charge in [-0.15, -0.1) is 0 Å². The van der Waals surface area contributed by atoms with E-state index in [0.717, 1.165) is 24.1 Å². The van der Waals surface area contributed by atoms with Crippen LogP contribution in [0.2, 0.25) is 0 Å². The van der Waals surface area contributed by atoms with Gasteiger partial charge in [0.1, 0.15) is 5.69 Å². The summed E-state index contributed by atoms with van der Waals surface area (Å²) in [6.45, 7) is 7.24. The molecule has 128 valence electrons. The fraction of sp³-hybridized carbons (Fsp3) is 0.429. The molecule has 0 spiro atoms. The van der Waals surface area contributed by atoms with Gasteiger partial charge in [-0.3, -0.25) is 5.32 Å². The zero-order valence-electron chi connectivity index (χ0n) is 14.9. The van der Waals surface area contributed by atoms with E-state index in [0.29, 0.717) is 12.5 Å². The largest absolute Gasteiger partial charge is 0.629 e. The van der Waals surface area contributed by atoms with E-state index in [4.69, 9.17) is 0 Å². The van der Waals surface area contributed by atoms with E-state index in [2.05, 4.69) is 56.4 Å². The standard InChI is InChI=1S/C21H28N2O/c1-4-21(14-16(2)3)15-23(24)19-13-9-8-12-18(19)20(22-21)17-10-6-5-7-11-17/h5-13,16,20,22-23H,4,14-15H2,1-3H3/t20-,21?/m1/s1. The van der Waals surface area contributed by atoms with Gasteiger partial charge in [-0.2, -0.15) is 0 Å². The predicted molar refractivity (Wildman–Crippen MR) is 99.2 cm³/mol. The number of hydroxylamine groups is 1. The topological polar surface area (TPSA) is 39.5 Å². The summed E-state index contributed by atoms with van der Waals surface area (Å²) < 4.78 is 0. The summed E-state index contributed by atoms with van der Waals surface area (Å²) >= 11 is 0.